The minimum absolute atomic E-state index is 0.305. The van der Waals surface area contributed by atoms with Gasteiger partial charge in [-0.2, -0.15) is 4.39 Å². The van der Waals surface area contributed by atoms with Crippen LogP contribution in [-0.2, 0) is 4.79 Å². The van der Waals surface area contributed by atoms with Crippen LogP contribution in [-0.4, -0.2) is 16.1 Å². The summed E-state index contributed by atoms with van der Waals surface area (Å²) in [6, 6.07) is 4.97. The van der Waals surface area contributed by atoms with Gasteiger partial charge in [0.05, 0.1) is 5.69 Å². The summed E-state index contributed by atoms with van der Waals surface area (Å²) in [7, 11) is 0. The standard InChI is InChI=1S/C9H8FNO2/c1-6-3-2-4-7(11-6)5-8(10)9(12)13/h2-5H,1H3,(H,12,13)/b8-5-. The zero-order valence-electron chi connectivity index (χ0n) is 6.99. The summed E-state index contributed by atoms with van der Waals surface area (Å²) in [5, 5.41) is 8.24. The fourth-order valence-electron chi connectivity index (χ4n) is 0.836. The van der Waals surface area contributed by atoms with E-state index in [9.17, 15) is 9.18 Å². The molecule has 1 aromatic heterocycles. The van der Waals surface area contributed by atoms with E-state index in [0.29, 0.717) is 11.4 Å². The molecule has 1 aromatic rings. The van der Waals surface area contributed by atoms with Gasteiger partial charge < -0.3 is 5.11 Å². The van der Waals surface area contributed by atoms with Crippen molar-refractivity contribution < 1.29 is 14.3 Å². The molecule has 0 saturated carbocycles. The number of rotatable bonds is 2. The van der Waals surface area contributed by atoms with Gasteiger partial charge in [-0.15, -0.1) is 0 Å². The SMILES string of the molecule is Cc1cccc(/C=C(\F)C(=O)O)n1. The summed E-state index contributed by atoms with van der Waals surface area (Å²) in [5.74, 6) is -2.79. The summed E-state index contributed by atoms with van der Waals surface area (Å²) in [4.78, 5) is 14.0. The van der Waals surface area contributed by atoms with Crippen LogP contribution in [0.3, 0.4) is 0 Å². The van der Waals surface area contributed by atoms with Crippen molar-refractivity contribution in [3.8, 4) is 0 Å². The fraction of sp³-hybridized carbons (Fsp3) is 0.111. The summed E-state index contributed by atoms with van der Waals surface area (Å²) in [6.45, 7) is 1.75. The molecule has 1 rings (SSSR count). The highest BCUT2D eigenvalue weighted by molar-refractivity contribution is 5.89. The number of halogens is 1. The molecule has 0 aromatic carbocycles. The van der Waals surface area contributed by atoms with E-state index in [1.54, 1.807) is 19.1 Å². The highest BCUT2D eigenvalue weighted by atomic mass is 19.1. The molecule has 68 valence electrons. The molecule has 3 nitrogen and oxygen atoms in total. The average Bonchev–Trinajstić information content (AvgIpc) is 2.04. The van der Waals surface area contributed by atoms with E-state index in [1.165, 1.54) is 6.07 Å². The molecule has 0 bridgehead atoms. The van der Waals surface area contributed by atoms with Crippen LogP contribution in [0.5, 0.6) is 0 Å². The first-order chi connectivity index (χ1) is 6.09. The van der Waals surface area contributed by atoms with E-state index < -0.39 is 11.8 Å². The predicted octanol–water partition coefficient (Wildman–Crippen LogP) is 1.79. The Kier molecular flexibility index (Phi) is 2.74. The van der Waals surface area contributed by atoms with Gasteiger partial charge in [0.25, 0.3) is 0 Å². The quantitative estimate of drug-likeness (QED) is 0.707. The third kappa shape index (κ3) is 2.66. The van der Waals surface area contributed by atoms with E-state index in [0.717, 1.165) is 6.08 Å². The summed E-state index contributed by atoms with van der Waals surface area (Å²) in [6.07, 6.45) is 0.884. The number of carboxylic acid groups (broad SMARTS) is 1. The Hall–Kier alpha value is -1.71. The number of aromatic nitrogens is 1. The van der Waals surface area contributed by atoms with Gasteiger partial charge in [-0.25, -0.2) is 4.79 Å². The van der Waals surface area contributed by atoms with Crippen molar-refractivity contribution in [1.82, 2.24) is 4.98 Å². The molecule has 0 aliphatic carbocycles. The molecule has 0 fully saturated rings. The molecule has 0 aliphatic rings. The summed E-state index contributed by atoms with van der Waals surface area (Å²) >= 11 is 0. The number of aliphatic carboxylic acids is 1. The topological polar surface area (TPSA) is 50.2 Å². The molecule has 1 N–H and O–H groups in total. The van der Waals surface area contributed by atoms with Crippen molar-refractivity contribution in [3.63, 3.8) is 0 Å². The third-order valence-electron chi connectivity index (χ3n) is 1.39. The normalized spacial score (nSPS) is 11.4. The molecule has 0 aliphatic heterocycles. The number of pyridine rings is 1. The molecule has 0 atom stereocenters. The zero-order chi connectivity index (χ0) is 9.84. The van der Waals surface area contributed by atoms with Crippen molar-refractivity contribution in [2.45, 2.75) is 6.92 Å². The number of hydrogen-bond acceptors (Lipinski definition) is 2. The monoisotopic (exact) mass is 181 g/mol. The van der Waals surface area contributed by atoms with E-state index >= 15 is 0 Å². The Morgan fingerprint density at radius 3 is 2.85 bits per heavy atom. The second-order valence-electron chi connectivity index (χ2n) is 2.50. The number of carbonyl (C=O) groups is 1. The molecular formula is C9H8FNO2. The maximum Gasteiger partial charge on any atom is 0.364 e. The predicted molar refractivity (Wildman–Crippen MR) is 45.7 cm³/mol. The fourth-order valence-corrected chi connectivity index (χ4v) is 0.836. The van der Waals surface area contributed by atoms with Crippen molar-refractivity contribution in [1.29, 1.82) is 0 Å². The lowest BCUT2D eigenvalue weighted by Crippen LogP contribution is -1.95. The van der Waals surface area contributed by atoms with Crippen LogP contribution in [0.4, 0.5) is 4.39 Å². The first-order valence-corrected chi connectivity index (χ1v) is 3.64. The largest absolute Gasteiger partial charge is 0.476 e. The van der Waals surface area contributed by atoms with Crippen LogP contribution in [0.25, 0.3) is 6.08 Å². The van der Waals surface area contributed by atoms with E-state index in [2.05, 4.69) is 4.98 Å². The van der Waals surface area contributed by atoms with Gasteiger partial charge in [0.1, 0.15) is 0 Å². The number of nitrogens with zero attached hydrogens (tertiary/aromatic N) is 1. The van der Waals surface area contributed by atoms with Crippen molar-refractivity contribution in [2.75, 3.05) is 0 Å². The Bertz CT molecular complexity index is 360. The lowest BCUT2D eigenvalue weighted by atomic mass is 10.3. The molecule has 0 spiro atoms. The zero-order valence-corrected chi connectivity index (χ0v) is 6.99. The average molecular weight is 181 g/mol. The number of aryl methyl sites for hydroxylation is 1. The minimum Gasteiger partial charge on any atom is -0.476 e. The third-order valence-corrected chi connectivity index (χ3v) is 1.39. The molecule has 0 unspecified atom stereocenters. The summed E-state index contributed by atoms with van der Waals surface area (Å²) < 4.78 is 12.6. The maximum absolute atomic E-state index is 12.6. The van der Waals surface area contributed by atoms with Crippen LogP contribution in [0.2, 0.25) is 0 Å². The molecule has 4 heteroatoms. The summed E-state index contributed by atoms with van der Waals surface area (Å²) in [5.41, 5.74) is 1.02. The van der Waals surface area contributed by atoms with E-state index in [4.69, 9.17) is 5.11 Å². The lowest BCUT2D eigenvalue weighted by Gasteiger charge is -1.94. The van der Waals surface area contributed by atoms with Gasteiger partial charge in [-0.3, -0.25) is 4.98 Å². The van der Waals surface area contributed by atoms with Crippen LogP contribution in [0.15, 0.2) is 24.0 Å². The first kappa shape index (κ1) is 9.38. The van der Waals surface area contributed by atoms with Crippen LogP contribution >= 0.6 is 0 Å². The Morgan fingerprint density at radius 2 is 2.31 bits per heavy atom. The van der Waals surface area contributed by atoms with Crippen molar-refractivity contribution in [3.05, 3.63) is 35.4 Å². The van der Waals surface area contributed by atoms with Gasteiger partial charge in [0.15, 0.2) is 0 Å². The van der Waals surface area contributed by atoms with Crippen LogP contribution in [0, 0.1) is 6.92 Å². The highest BCUT2D eigenvalue weighted by Gasteiger charge is 2.04. The Balaban J connectivity index is 2.97. The second kappa shape index (κ2) is 3.80. The first-order valence-electron chi connectivity index (χ1n) is 3.64. The van der Waals surface area contributed by atoms with Gasteiger partial charge >= 0.3 is 5.97 Å². The van der Waals surface area contributed by atoms with E-state index in [-0.39, 0.29) is 0 Å². The van der Waals surface area contributed by atoms with E-state index in [1.807, 2.05) is 0 Å². The second-order valence-corrected chi connectivity index (χ2v) is 2.50. The van der Waals surface area contributed by atoms with Gasteiger partial charge in [0, 0.05) is 11.8 Å². The molecule has 13 heavy (non-hydrogen) atoms. The number of carboxylic acids is 1. The molecule has 0 amide bonds. The Morgan fingerprint density at radius 1 is 1.62 bits per heavy atom. The highest BCUT2D eigenvalue weighted by Crippen LogP contribution is 2.06. The maximum atomic E-state index is 12.6. The number of hydrogen-bond donors (Lipinski definition) is 1. The van der Waals surface area contributed by atoms with Crippen molar-refractivity contribution >= 4 is 12.0 Å². The smallest absolute Gasteiger partial charge is 0.364 e. The van der Waals surface area contributed by atoms with Crippen molar-refractivity contribution in [2.24, 2.45) is 0 Å². The molecule has 0 saturated heterocycles. The van der Waals surface area contributed by atoms with Gasteiger partial charge in [0.2, 0.25) is 5.83 Å². The minimum atomic E-state index is -1.58. The Labute approximate surface area is 74.5 Å². The van der Waals surface area contributed by atoms with Gasteiger partial charge in [-0.1, -0.05) is 6.07 Å². The molecule has 1 heterocycles. The van der Waals surface area contributed by atoms with Gasteiger partial charge in [-0.05, 0) is 19.1 Å². The lowest BCUT2D eigenvalue weighted by molar-refractivity contribution is -0.134. The van der Waals surface area contributed by atoms with Crippen LogP contribution < -0.4 is 0 Å². The molecular weight excluding hydrogens is 173 g/mol. The molecule has 0 radical (unpaired) electrons. The van der Waals surface area contributed by atoms with Crippen LogP contribution in [0.1, 0.15) is 11.4 Å².